The lowest BCUT2D eigenvalue weighted by Crippen LogP contribution is -2.40. The van der Waals surface area contributed by atoms with Gasteiger partial charge in [-0.05, 0) is 18.6 Å². The van der Waals surface area contributed by atoms with Gasteiger partial charge in [0.25, 0.3) is 21.2 Å². The van der Waals surface area contributed by atoms with E-state index < -0.39 is 64.0 Å². The maximum absolute atomic E-state index is 12.6. The molecule has 6 atom stereocenters. The molecule has 0 bridgehead atoms. The molecule has 0 spiro atoms. The fraction of sp³-hybridized carbons (Fsp3) is 0.500. The van der Waals surface area contributed by atoms with Gasteiger partial charge in [-0.25, -0.2) is 13.9 Å². The number of rotatable bonds is 14. The molecule has 1 fully saturated rings. The number of ether oxygens (including phenoxy) is 2. The van der Waals surface area contributed by atoms with Crippen LogP contribution in [-0.4, -0.2) is 52.2 Å². The summed E-state index contributed by atoms with van der Waals surface area (Å²) < 4.78 is 48.9. The molecule has 0 amide bonds. The zero-order valence-electron chi connectivity index (χ0n) is 20.8. The Morgan fingerprint density at radius 2 is 1.77 bits per heavy atom. The maximum atomic E-state index is 12.6. The summed E-state index contributed by atoms with van der Waals surface area (Å²) in [6, 6.07) is 8.63. The second kappa shape index (κ2) is 13.8. The van der Waals surface area contributed by atoms with Crippen LogP contribution >= 0.6 is 15.6 Å². The van der Waals surface area contributed by atoms with E-state index in [2.05, 4.69) is 13.4 Å². The number of unbranched alkanes of at least 4 members (excludes halogenated alkanes) is 3. The number of benzene rings is 1. The fourth-order valence-electron chi connectivity index (χ4n) is 3.64. The molecule has 15 nitrogen and oxygen atoms in total. The number of nitrogens with one attached hydrogen (secondary N) is 1. The molecular formula is C22H28N2O13P2-2. The number of phosphoric acid groups is 2. The minimum atomic E-state index is -5.52. The largest absolute Gasteiger partial charge is 0.756 e. The molecule has 2 aromatic rings. The van der Waals surface area contributed by atoms with Crippen molar-refractivity contribution in [1.82, 2.24) is 9.55 Å². The van der Waals surface area contributed by atoms with Gasteiger partial charge in [0.1, 0.15) is 12.2 Å². The van der Waals surface area contributed by atoms with Crippen molar-refractivity contribution in [2.24, 2.45) is 0 Å². The molecule has 2 N–H and O–H groups in total. The van der Waals surface area contributed by atoms with Crippen molar-refractivity contribution >= 4 is 21.6 Å². The number of H-pyrrole nitrogens is 1. The highest BCUT2D eigenvalue weighted by Gasteiger charge is 2.48. The van der Waals surface area contributed by atoms with Gasteiger partial charge in [0.15, 0.2) is 12.3 Å². The smallest absolute Gasteiger partial charge is 0.338 e. The second-order valence-electron chi connectivity index (χ2n) is 8.47. The van der Waals surface area contributed by atoms with Crippen LogP contribution in [0.2, 0.25) is 0 Å². The highest BCUT2D eigenvalue weighted by molar-refractivity contribution is 7.59. The van der Waals surface area contributed by atoms with E-state index >= 15 is 0 Å². The molecular weight excluding hydrogens is 562 g/mol. The number of aliphatic hydroxyl groups excluding tert-OH is 1. The Morgan fingerprint density at radius 1 is 1.08 bits per heavy atom. The van der Waals surface area contributed by atoms with Crippen LogP contribution in [0.25, 0.3) is 0 Å². The zero-order valence-corrected chi connectivity index (χ0v) is 22.6. The number of hydrogen-bond donors (Lipinski definition) is 2. The summed E-state index contributed by atoms with van der Waals surface area (Å²) in [5.41, 5.74) is -1.59. The minimum Gasteiger partial charge on any atom is -0.756 e. The topological polar surface area (TPSA) is 219 Å². The van der Waals surface area contributed by atoms with E-state index in [1.165, 1.54) is 12.1 Å². The number of hydrogen-bond acceptors (Lipinski definition) is 13. The summed E-state index contributed by atoms with van der Waals surface area (Å²) >= 11 is 0. The van der Waals surface area contributed by atoms with Gasteiger partial charge < -0.3 is 33.4 Å². The van der Waals surface area contributed by atoms with Crippen LogP contribution < -0.4 is 21.0 Å². The maximum Gasteiger partial charge on any atom is 0.338 e. The first kappa shape index (κ1) is 31.1. The third-order valence-electron chi connectivity index (χ3n) is 5.53. The predicted octanol–water partition coefficient (Wildman–Crippen LogP) is 0.587. The third-order valence-corrected chi connectivity index (χ3v) is 8.10. The fourth-order valence-corrected chi connectivity index (χ4v) is 5.68. The number of nitrogens with zero attached hydrogens (tertiary/aromatic N) is 1. The van der Waals surface area contributed by atoms with Gasteiger partial charge in [-0.15, -0.1) is 0 Å². The van der Waals surface area contributed by atoms with Gasteiger partial charge >= 0.3 is 11.7 Å². The lowest BCUT2D eigenvalue weighted by atomic mass is 10.1. The average Bonchev–Trinajstić information content (AvgIpc) is 3.17. The molecule has 0 saturated carbocycles. The predicted molar refractivity (Wildman–Crippen MR) is 129 cm³/mol. The summed E-state index contributed by atoms with van der Waals surface area (Å²) in [4.78, 5) is 62.4. The number of esters is 1. The molecule has 1 aliphatic heterocycles. The van der Waals surface area contributed by atoms with Crippen LogP contribution in [0.3, 0.4) is 0 Å². The number of aromatic amines is 1. The normalized spacial score (nSPS) is 24.1. The third kappa shape index (κ3) is 9.04. The Balaban J connectivity index is 1.71. The highest BCUT2D eigenvalue weighted by atomic mass is 31.3. The van der Waals surface area contributed by atoms with E-state index in [0.29, 0.717) is 12.8 Å². The molecule has 17 heteroatoms. The highest BCUT2D eigenvalue weighted by Crippen LogP contribution is 2.55. The van der Waals surface area contributed by atoms with Crippen LogP contribution in [0, 0.1) is 0 Å². The summed E-state index contributed by atoms with van der Waals surface area (Å²) in [6.45, 7) is 0.691. The summed E-state index contributed by atoms with van der Waals surface area (Å²) in [6.07, 6.45) is -2.59. The van der Waals surface area contributed by atoms with Crippen LogP contribution in [0.4, 0.5) is 0 Å². The van der Waals surface area contributed by atoms with E-state index in [4.69, 9.17) is 9.47 Å². The molecule has 1 aromatic carbocycles. The van der Waals surface area contributed by atoms with E-state index in [0.717, 1.165) is 29.7 Å². The number of aromatic nitrogens is 2. The lowest BCUT2D eigenvalue weighted by Gasteiger charge is -2.31. The molecule has 1 saturated heterocycles. The minimum absolute atomic E-state index is 0.107. The lowest BCUT2D eigenvalue weighted by molar-refractivity contribution is -0.245. The molecule has 216 valence electrons. The van der Waals surface area contributed by atoms with Crippen LogP contribution in [-0.2, 0) is 32.0 Å². The molecule has 1 aliphatic rings. The van der Waals surface area contributed by atoms with Crippen molar-refractivity contribution in [3.8, 4) is 0 Å². The average molecular weight is 590 g/mol. The van der Waals surface area contributed by atoms with E-state index in [1.807, 2.05) is 11.9 Å². The Morgan fingerprint density at radius 3 is 2.44 bits per heavy atom. The summed E-state index contributed by atoms with van der Waals surface area (Å²) in [7, 11) is -10.8. The van der Waals surface area contributed by atoms with Crippen molar-refractivity contribution in [1.29, 1.82) is 0 Å². The van der Waals surface area contributed by atoms with Crippen LogP contribution in [0.15, 0.2) is 52.2 Å². The van der Waals surface area contributed by atoms with Gasteiger partial charge in [-0.2, -0.15) is 0 Å². The molecule has 2 heterocycles. The molecule has 3 rings (SSSR count). The zero-order chi connectivity index (χ0) is 28.6. The molecule has 3 unspecified atom stereocenters. The Bertz CT molecular complexity index is 1310. The van der Waals surface area contributed by atoms with Crippen molar-refractivity contribution < 1.29 is 51.6 Å². The number of carbonyl (C=O) groups excluding carboxylic acids is 1. The monoisotopic (exact) mass is 590 g/mol. The van der Waals surface area contributed by atoms with Crippen molar-refractivity contribution in [3.63, 3.8) is 0 Å². The second-order valence-corrected chi connectivity index (χ2v) is 11.4. The SMILES string of the molecule is CCCCCCOP(=O)([O-])OP(=O)([O-])OC[C@H]1O[C@@H](n2ccc(=O)[nH]c2=O)C(OC(=O)c2ccccc2)[C@H]1O. The first-order chi connectivity index (χ1) is 18.4. The first-order valence-electron chi connectivity index (χ1n) is 12.0. The first-order valence-corrected chi connectivity index (χ1v) is 14.9. The van der Waals surface area contributed by atoms with Gasteiger partial charge in [-0.1, -0.05) is 44.4 Å². The van der Waals surface area contributed by atoms with Crippen LogP contribution in [0.5, 0.6) is 0 Å². The van der Waals surface area contributed by atoms with E-state index in [-0.39, 0.29) is 12.2 Å². The standard InChI is InChI=1S/C22H30N2O13P2/c1-2-3-4-8-13-33-38(29,30)37-39(31,32)34-14-16-18(26)19(36-21(27)15-9-6-5-7-10-15)20(35-16)24-12-11-17(25)23-22(24)28/h5-7,9-12,16,18-20,26H,2-4,8,13-14H2,1H3,(H,29,30)(H,31,32)(H,23,25,28)/p-2/t16-,18+,19?,20-/m1/s1. The van der Waals surface area contributed by atoms with E-state index in [9.17, 15) is 38.4 Å². The molecule has 1 aromatic heterocycles. The van der Waals surface area contributed by atoms with Crippen molar-refractivity contribution in [2.45, 2.75) is 57.1 Å². The number of phosphoric ester groups is 2. The summed E-state index contributed by atoms with van der Waals surface area (Å²) in [5, 5.41) is 10.8. The van der Waals surface area contributed by atoms with Crippen molar-refractivity contribution in [2.75, 3.05) is 13.2 Å². The molecule has 0 radical (unpaired) electrons. The van der Waals surface area contributed by atoms with Gasteiger partial charge in [0, 0.05) is 12.3 Å². The van der Waals surface area contributed by atoms with E-state index in [1.54, 1.807) is 18.2 Å². The summed E-state index contributed by atoms with van der Waals surface area (Å²) in [5.74, 6) is -0.895. The Labute approximate surface area is 222 Å². The van der Waals surface area contributed by atoms with Crippen LogP contribution in [0.1, 0.15) is 49.2 Å². The molecule has 39 heavy (non-hydrogen) atoms. The quantitative estimate of drug-likeness (QED) is 0.175. The Kier molecular flexibility index (Phi) is 11.0. The number of aliphatic hydroxyl groups is 1. The van der Waals surface area contributed by atoms with Gasteiger partial charge in [0.2, 0.25) is 0 Å². The number of carbonyl (C=O) groups is 1. The van der Waals surface area contributed by atoms with Gasteiger partial charge in [-0.3, -0.25) is 23.5 Å². The Hall–Kier alpha value is -2.45. The molecule has 0 aliphatic carbocycles. The van der Waals surface area contributed by atoms with Crippen molar-refractivity contribution in [3.05, 3.63) is 69.0 Å². The van der Waals surface area contributed by atoms with Gasteiger partial charge in [0.05, 0.1) is 18.8 Å².